The molecule has 148 valence electrons. The molecule has 0 aliphatic carbocycles. The molecule has 5 nitrogen and oxygen atoms in total. The van der Waals surface area contributed by atoms with Crippen molar-refractivity contribution >= 4 is 10.0 Å². The Hall–Kier alpha value is -2.13. The summed E-state index contributed by atoms with van der Waals surface area (Å²) in [5.41, 5.74) is 1.24. The molecule has 2 rings (SSSR count). The van der Waals surface area contributed by atoms with E-state index in [1.165, 1.54) is 30.5 Å². The molecule has 1 unspecified atom stereocenters. The molecule has 0 saturated heterocycles. The first-order chi connectivity index (χ1) is 12.6. The number of rotatable bonds is 8. The SMILES string of the molecule is CCC(C)c1ccc(S(=O)(=O)NCc2cccnc2OCC(F)(F)F)cc1. The minimum absolute atomic E-state index is 0.0798. The van der Waals surface area contributed by atoms with Crippen LogP contribution in [-0.2, 0) is 16.6 Å². The summed E-state index contributed by atoms with van der Waals surface area (Å²) in [6.07, 6.45) is -2.30. The fraction of sp³-hybridized carbons (Fsp3) is 0.389. The van der Waals surface area contributed by atoms with Crippen LogP contribution < -0.4 is 9.46 Å². The lowest BCUT2D eigenvalue weighted by Gasteiger charge is -2.13. The van der Waals surface area contributed by atoms with Gasteiger partial charge < -0.3 is 4.74 Å². The zero-order chi connectivity index (χ0) is 20.1. The van der Waals surface area contributed by atoms with Crippen LogP contribution in [0.1, 0.15) is 37.3 Å². The molecule has 1 aromatic heterocycles. The maximum Gasteiger partial charge on any atom is 0.422 e. The average Bonchev–Trinajstić information content (AvgIpc) is 2.64. The standard InChI is InChI=1S/C18H21F3N2O3S/c1-3-13(2)14-6-8-16(9-7-14)27(24,25)23-11-15-5-4-10-22-17(15)26-12-18(19,20)21/h4-10,13,23H,3,11-12H2,1-2H3. The minimum atomic E-state index is -4.51. The number of sulfonamides is 1. The van der Waals surface area contributed by atoms with Crippen molar-refractivity contribution in [3.8, 4) is 5.88 Å². The van der Waals surface area contributed by atoms with Gasteiger partial charge in [0.25, 0.3) is 0 Å². The summed E-state index contributed by atoms with van der Waals surface area (Å²) < 4.78 is 68.8. The fourth-order valence-electron chi connectivity index (χ4n) is 2.31. The molecule has 1 N–H and O–H groups in total. The van der Waals surface area contributed by atoms with E-state index < -0.39 is 22.8 Å². The van der Waals surface area contributed by atoms with E-state index in [1.807, 2.05) is 13.8 Å². The summed E-state index contributed by atoms with van der Waals surface area (Å²) in [4.78, 5) is 3.82. The van der Waals surface area contributed by atoms with Crippen LogP contribution in [0.5, 0.6) is 5.88 Å². The van der Waals surface area contributed by atoms with Gasteiger partial charge in [0.05, 0.1) is 4.90 Å². The molecule has 1 heterocycles. The van der Waals surface area contributed by atoms with Gasteiger partial charge in [0.2, 0.25) is 15.9 Å². The zero-order valence-corrected chi connectivity index (χ0v) is 15.8. The summed E-state index contributed by atoms with van der Waals surface area (Å²) in [7, 11) is -3.82. The van der Waals surface area contributed by atoms with E-state index in [4.69, 9.17) is 0 Å². The molecule has 0 spiro atoms. The number of hydrogen-bond acceptors (Lipinski definition) is 4. The third kappa shape index (κ3) is 6.21. The van der Waals surface area contributed by atoms with Crippen molar-refractivity contribution in [2.24, 2.45) is 0 Å². The van der Waals surface area contributed by atoms with Crippen LogP contribution in [0, 0.1) is 0 Å². The molecule has 27 heavy (non-hydrogen) atoms. The van der Waals surface area contributed by atoms with Crippen LogP contribution in [0.4, 0.5) is 13.2 Å². The summed E-state index contributed by atoms with van der Waals surface area (Å²) >= 11 is 0. The Labute approximate surface area is 156 Å². The van der Waals surface area contributed by atoms with Crippen molar-refractivity contribution in [1.29, 1.82) is 0 Å². The van der Waals surface area contributed by atoms with E-state index in [0.717, 1.165) is 12.0 Å². The molecule has 9 heteroatoms. The number of ether oxygens (including phenoxy) is 1. The molecule has 0 fully saturated rings. The second-order valence-corrected chi connectivity index (χ2v) is 7.84. The van der Waals surface area contributed by atoms with E-state index in [9.17, 15) is 21.6 Å². The van der Waals surface area contributed by atoms with E-state index in [-0.39, 0.29) is 22.9 Å². The van der Waals surface area contributed by atoms with E-state index >= 15 is 0 Å². The van der Waals surface area contributed by atoms with Gasteiger partial charge >= 0.3 is 6.18 Å². The smallest absolute Gasteiger partial charge is 0.422 e. The van der Waals surface area contributed by atoms with Crippen LogP contribution in [0.2, 0.25) is 0 Å². The summed E-state index contributed by atoms with van der Waals surface area (Å²) in [5, 5.41) is 0. The average molecular weight is 402 g/mol. The number of halogens is 3. The van der Waals surface area contributed by atoms with Crippen LogP contribution in [0.3, 0.4) is 0 Å². The zero-order valence-electron chi connectivity index (χ0n) is 15.0. The largest absolute Gasteiger partial charge is 0.468 e. The molecule has 0 amide bonds. The van der Waals surface area contributed by atoms with Gasteiger partial charge in [-0.15, -0.1) is 0 Å². The fourth-order valence-corrected chi connectivity index (χ4v) is 3.31. The van der Waals surface area contributed by atoms with Gasteiger partial charge in [-0.2, -0.15) is 13.2 Å². The van der Waals surface area contributed by atoms with Gasteiger partial charge in [0.15, 0.2) is 6.61 Å². The second kappa shape index (κ2) is 8.71. The number of nitrogens with one attached hydrogen (secondary N) is 1. The lowest BCUT2D eigenvalue weighted by molar-refractivity contribution is -0.154. The highest BCUT2D eigenvalue weighted by Gasteiger charge is 2.29. The lowest BCUT2D eigenvalue weighted by Crippen LogP contribution is -2.25. The molecule has 0 aliphatic rings. The first kappa shape index (κ1) is 21.2. The predicted octanol–water partition coefficient (Wildman–Crippen LogP) is 4.01. The van der Waals surface area contributed by atoms with Gasteiger partial charge in [-0.1, -0.05) is 32.0 Å². The minimum Gasteiger partial charge on any atom is -0.468 e. The monoisotopic (exact) mass is 402 g/mol. The Morgan fingerprint density at radius 3 is 2.44 bits per heavy atom. The maximum absolute atomic E-state index is 12.4. The van der Waals surface area contributed by atoms with Crippen LogP contribution in [0.25, 0.3) is 0 Å². The number of alkyl halides is 3. The Balaban J connectivity index is 2.09. The van der Waals surface area contributed by atoms with Crippen LogP contribution in [0.15, 0.2) is 47.5 Å². The Morgan fingerprint density at radius 1 is 1.19 bits per heavy atom. The number of hydrogen-bond donors (Lipinski definition) is 1. The Morgan fingerprint density at radius 2 is 1.85 bits per heavy atom. The van der Waals surface area contributed by atoms with Gasteiger partial charge in [-0.25, -0.2) is 18.1 Å². The highest BCUT2D eigenvalue weighted by atomic mass is 32.2. The summed E-state index contributed by atoms with van der Waals surface area (Å²) in [5.74, 6) is 0.0584. The van der Waals surface area contributed by atoms with Gasteiger partial charge in [-0.05, 0) is 36.1 Å². The van der Waals surface area contributed by atoms with Gasteiger partial charge in [0.1, 0.15) is 0 Å². The number of nitrogens with zero attached hydrogens (tertiary/aromatic N) is 1. The Kier molecular flexibility index (Phi) is 6.83. The highest BCUT2D eigenvalue weighted by molar-refractivity contribution is 7.89. The Bertz CT molecular complexity index is 853. The molecule has 0 bridgehead atoms. The normalized spacial score (nSPS) is 13.4. The molecule has 1 aromatic carbocycles. The maximum atomic E-state index is 12.4. The van der Waals surface area contributed by atoms with Crippen molar-refractivity contribution in [2.75, 3.05) is 6.61 Å². The number of aromatic nitrogens is 1. The van der Waals surface area contributed by atoms with Crippen molar-refractivity contribution in [1.82, 2.24) is 9.71 Å². The van der Waals surface area contributed by atoms with E-state index in [2.05, 4.69) is 14.4 Å². The number of benzene rings is 1. The van der Waals surface area contributed by atoms with Gasteiger partial charge in [-0.3, -0.25) is 0 Å². The molecular formula is C18H21F3N2O3S. The molecule has 0 aliphatic heterocycles. The molecule has 0 radical (unpaired) electrons. The third-order valence-corrected chi connectivity index (χ3v) is 5.46. The van der Waals surface area contributed by atoms with Crippen LogP contribution >= 0.6 is 0 Å². The van der Waals surface area contributed by atoms with Crippen molar-refractivity contribution in [3.63, 3.8) is 0 Å². The van der Waals surface area contributed by atoms with Gasteiger partial charge in [0, 0.05) is 18.3 Å². The van der Waals surface area contributed by atoms with Crippen molar-refractivity contribution < 1.29 is 26.3 Å². The van der Waals surface area contributed by atoms with E-state index in [1.54, 1.807) is 12.1 Å². The highest BCUT2D eigenvalue weighted by Crippen LogP contribution is 2.22. The summed E-state index contributed by atoms with van der Waals surface area (Å²) in [6, 6.07) is 9.47. The molecule has 0 saturated carbocycles. The van der Waals surface area contributed by atoms with E-state index in [0.29, 0.717) is 5.92 Å². The molecular weight excluding hydrogens is 381 g/mol. The molecule has 2 aromatic rings. The van der Waals surface area contributed by atoms with Crippen LogP contribution in [-0.4, -0.2) is 26.2 Å². The first-order valence-corrected chi connectivity index (χ1v) is 9.84. The quantitative estimate of drug-likeness (QED) is 0.724. The number of pyridine rings is 1. The predicted molar refractivity (Wildman–Crippen MR) is 95.0 cm³/mol. The topological polar surface area (TPSA) is 68.3 Å². The van der Waals surface area contributed by atoms with Crippen molar-refractivity contribution in [3.05, 3.63) is 53.7 Å². The second-order valence-electron chi connectivity index (χ2n) is 6.07. The lowest BCUT2D eigenvalue weighted by atomic mass is 9.99. The molecule has 1 atom stereocenters. The third-order valence-electron chi connectivity index (χ3n) is 4.05. The first-order valence-electron chi connectivity index (χ1n) is 8.35. The summed E-state index contributed by atoms with van der Waals surface area (Å²) in [6.45, 7) is 2.35. The van der Waals surface area contributed by atoms with Crippen molar-refractivity contribution in [2.45, 2.75) is 43.8 Å².